The van der Waals surface area contributed by atoms with Gasteiger partial charge in [0.2, 0.25) is 0 Å². The molecule has 1 saturated heterocycles. The smallest absolute Gasteiger partial charge is 0.306 e. The van der Waals surface area contributed by atoms with E-state index in [-0.39, 0.29) is 19.6 Å². The van der Waals surface area contributed by atoms with Crippen LogP contribution in [0.5, 0.6) is 0 Å². The first-order valence-corrected chi connectivity index (χ1v) is 14.6. The first-order chi connectivity index (χ1) is 21.2. The molecule has 0 bridgehead atoms. The molecule has 1 N–H and O–H groups in total. The van der Waals surface area contributed by atoms with Crippen LogP contribution in [0, 0.1) is 0 Å². The van der Waals surface area contributed by atoms with Crippen LogP contribution in [-0.2, 0) is 54.9 Å². The van der Waals surface area contributed by atoms with Crippen molar-refractivity contribution in [1.82, 2.24) is 0 Å². The Labute approximate surface area is 252 Å². The first kappa shape index (κ1) is 30.6. The predicted molar refractivity (Wildman–Crippen MR) is 162 cm³/mol. The van der Waals surface area contributed by atoms with Crippen LogP contribution in [-0.4, -0.2) is 48.2 Å². The lowest BCUT2D eigenvalue weighted by atomic mass is 9.92. The Hall–Kier alpha value is -3.85. The Morgan fingerprint density at radius 1 is 0.535 bits per heavy atom. The highest BCUT2D eigenvalue weighted by atomic mass is 16.6. The van der Waals surface area contributed by atoms with Crippen molar-refractivity contribution < 1.29 is 33.6 Å². The number of benzene rings is 4. The zero-order valence-electron chi connectivity index (χ0n) is 24.1. The molecule has 4 aromatic carbocycles. The highest BCUT2D eigenvalue weighted by molar-refractivity contribution is 5.67. The van der Waals surface area contributed by atoms with Gasteiger partial charge in [0.1, 0.15) is 24.4 Å². The highest BCUT2D eigenvalue weighted by Gasteiger charge is 2.49. The summed E-state index contributed by atoms with van der Waals surface area (Å²) in [5.74, 6) is -0.979. The van der Waals surface area contributed by atoms with Crippen LogP contribution in [0.3, 0.4) is 0 Å². The van der Waals surface area contributed by atoms with Crippen LogP contribution >= 0.6 is 0 Å². The Bertz CT molecular complexity index is 1350. The summed E-state index contributed by atoms with van der Waals surface area (Å²) < 4.78 is 32.2. The van der Waals surface area contributed by atoms with Gasteiger partial charge < -0.3 is 28.8 Å². The maximum absolute atomic E-state index is 12.0. The summed E-state index contributed by atoms with van der Waals surface area (Å²) >= 11 is 0. The van der Waals surface area contributed by atoms with Crippen molar-refractivity contribution in [1.29, 1.82) is 0 Å². The number of carbonyl (C=O) groups is 1. The van der Waals surface area contributed by atoms with Gasteiger partial charge in [-0.3, -0.25) is 4.79 Å². The molecule has 224 valence electrons. The molecule has 1 fully saturated rings. The van der Waals surface area contributed by atoms with Crippen molar-refractivity contribution in [2.75, 3.05) is 6.61 Å². The van der Waals surface area contributed by atoms with E-state index in [4.69, 9.17) is 23.7 Å². The van der Waals surface area contributed by atoms with Crippen molar-refractivity contribution >= 4 is 5.97 Å². The molecule has 43 heavy (non-hydrogen) atoms. The molecule has 0 aliphatic carbocycles. The molecule has 5 atom stereocenters. The van der Waals surface area contributed by atoms with Crippen LogP contribution in [0.15, 0.2) is 121 Å². The van der Waals surface area contributed by atoms with Crippen LogP contribution in [0.25, 0.3) is 0 Å². The molecule has 7 nitrogen and oxygen atoms in total. The lowest BCUT2D eigenvalue weighted by molar-refractivity contribution is -0.273. The number of ether oxygens (including phenoxy) is 5. The van der Waals surface area contributed by atoms with Crippen molar-refractivity contribution in [3.8, 4) is 0 Å². The van der Waals surface area contributed by atoms with Gasteiger partial charge >= 0.3 is 5.97 Å². The SMILES string of the molecule is O=C(O)C[C@H]1O[C@H](COCc2ccccc2)[C@@H](OCc2ccccc2)[C@H](OCc2ccccc2)[C@H]1OCc1ccccc1. The first-order valence-electron chi connectivity index (χ1n) is 14.6. The molecule has 0 aromatic heterocycles. The van der Waals surface area contributed by atoms with Gasteiger partial charge in [0.05, 0.1) is 45.6 Å². The monoisotopic (exact) mass is 582 g/mol. The topological polar surface area (TPSA) is 83.5 Å². The van der Waals surface area contributed by atoms with E-state index in [1.807, 2.05) is 121 Å². The minimum absolute atomic E-state index is 0.196. The summed E-state index contributed by atoms with van der Waals surface area (Å²) in [5.41, 5.74) is 3.99. The van der Waals surface area contributed by atoms with Crippen LogP contribution in [0.2, 0.25) is 0 Å². The molecule has 1 aliphatic heterocycles. The van der Waals surface area contributed by atoms with E-state index in [0.29, 0.717) is 19.8 Å². The normalized spacial score (nSPS) is 21.8. The van der Waals surface area contributed by atoms with Crippen LogP contribution in [0.1, 0.15) is 28.7 Å². The third kappa shape index (κ3) is 9.32. The number of hydrogen-bond donors (Lipinski definition) is 1. The summed E-state index contributed by atoms with van der Waals surface area (Å²) in [4.78, 5) is 12.0. The standard InChI is InChI=1S/C36H38O7/c37-33(38)21-31-34(40-23-28-15-7-2-8-16-28)36(42-25-30-19-11-4-12-20-30)35(41-24-29-17-9-3-10-18-29)32(43-31)26-39-22-27-13-5-1-6-14-27/h1-20,31-32,34-36H,21-26H2,(H,37,38)/t31-,32-,34+,35-,36-/m1/s1. The predicted octanol–water partition coefficient (Wildman–Crippen LogP) is 6.20. The van der Waals surface area contributed by atoms with Gasteiger partial charge in [-0.2, -0.15) is 0 Å². The molecule has 1 heterocycles. The highest BCUT2D eigenvalue weighted by Crippen LogP contribution is 2.32. The minimum Gasteiger partial charge on any atom is -0.481 e. The van der Waals surface area contributed by atoms with Gasteiger partial charge in [0.25, 0.3) is 0 Å². The fraction of sp³-hybridized carbons (Fsp3) is 0.306. The zero-order valence-corrected chi connectivity index (χ0v) is 24.1. The van der Waals surface area contributed by atoms with Crippen molar-refractivity contribution in [2.24, 2.45) is 0 Å². The summed E-state index contributed by atoms with van der Waals surface area (Å²) in [6.07, 6.45) is -3.53. The van der Waals surface area contributed by atoms with Crippen LogP contribution < -0.4 is 0 Å². The molecule has 0 spiro atoms. The second-order valence-corrected chi connectivity index (χ2v) is 10.6. The number of carboxylic acids is 1. The van der Waals surface area contributed by atoms with Gasteiger partial charge in [0, 0.05) is 0 Å². The molecular weight excluding hydrogens is 544 g/mol. The van der Waals surface area contributed by atoms with E-state index < -0.39 is 36.5 Å². The fourth-order valence-electron chi connectivity index (χ4n) is 5.22. The molecule has 0 saturated carbocycles. The van der Waals surface area contributed by atoms with Crippen molar-refractivity contribution in [2.45, 2.75) is 63.4 Å². The third-order valence-corrected chi connectivity index (χ3v) is 7.36. The quantitative estimate of drug-likeness (QED) is 0.179. The lowest BCUT2D eigenvalue weighted by Crippen LogP contribution is -2.61. The molecular formula is C36H38O7. The third-order valence-electron chi connectivity index (χ3n) is 7.36. The number of aliphatic carboxylic acids is 1. The molecule has 1 aliphatic rings. The average molecular weight is 583 g/mol. The van der Waals surface area contributed by atoms with Crippen molar-refractivity contribution in [3.63, 3.8) is 0 Å². The van der Waals surface area contributed by atoms with E-state index in [1.54, 1.807) is 0 Å². The zero-order chi connectivity index (χ0) is 29.7. The van der Waals surface area contributed by atoms with Crippen LogP contribution in [0.4, 0.5) is 0 Å². The van der Waals surface area contributed by atoms with Gasteiger partial charge in [-0.15, -0.1) is 0 Å². The maximum atomic E-state index is 12.0. The molecule has 0 radical (unpaired) electrons. The molecule has 5 rings (SSSR count). The number of hydrogen-bond acceptors (Lipinski definition) is 6. The molecule has 0 unspecified atom stereocenters. The van der Waals surface area contributed by atoms with E-state index in [2.05, 4.69) is 0 Å². The minimum atomic E-state index is -0.979. The lowest BCUT2D eigenvalue weighted by Gasteiger charge is -2.46. The summed E-state index contributed by atoms with van der Waals surface area (Å²) in [6, 6.07) is 39.4. The summed E-state index contributed by atoms with van der Waals surface area (Å²) in [7, 11) is 0. The molecule has 4 aromatic rings. The molecule has 0 amide bonds. The number of carboxylic acid groups (broad SMARTS) is 1. The Morgan fingerprint density at radius 3 is 1.33 bits per heavy atom. The van der Waals surface area contributed by atoms with E-state index in [0.717, 1.165) is 22.3 Å². The van der Waals surface area contributed by atoms with E-state index in [9.17, 15) is 9.90 Å². The summed E-state index contributed by atoms with van der Waals surface area (Å²) in [5, 5.41) is 9.85. The van der Waals surface area contributed by atoms with Crippen molar-refractivity contribution in [3.05, 3.63) is 144 Å². The Balaban J connectivity index is 1.42. The second-order valence-electron chi connectivity index (χ2n) is 10.6. The van der Waals surface area contributed by atoms with Gasteiger partial charge in [-0.1, -0.05) is 121 Å². The maximum Gasteiger partial charge on any atom is 0.306 e. The van der Waals surface area contributed by atoms with Gasteiger partial charge in [-0.05, 0) is 22.3 Å². The average Bonchev–Trinajstić information content (AvgIpc) is 3.04. The number of rotatable bonds is 15. The Kier molecular flexibility index (Phi) is 11.5. The fourth-order valence-corrected chi connectivity index (χ4v) is 5.22. The second kappa shape index (κ2) is 16.1. The van der Waals surface area contributed by atoms with Gasteiger partial charge in [0.15, 0.2) is 0 Å². The molecule has 7 heteroatoms. The summed E-state index contributed by atoms with van der Waals surface area (Å²) in [6.45, 7) is 1.49. The Morgan fingerprint density at radius 2 is 0.907 bits per heavy atom. The van der Waals surface area contributed by atoms with E-state index in [1.165, 1.54) is 0 Å². The largest absolute Gasteiger partial charge is 0.481 e. The van der Waals surface area contributed by atoms with E-state index >= 15 is 0 Å². The van der Waals surface area contributed by atoms with Gasteiger partial charge in [-0.25, -0.2) is 0 Å².